The number of carbonyl (C=O) groups is 2. The number of nitrogens with zero attached hydrogens (tertiary/aromatic N) is 1. The van der Waals surface area contributed by atoms with Crippen LogP contribution in [0.2, 0.25) is 0 Å². The van der Waals surface area contributed by atoms with Gasteiger partial charge in [0.25, 0.3) is 0 Å². The molecule has 0 radical (unpaired) electrons. The average Bonchev–Trinajstić information content (AvgIpc) is 3.21. The molecular formula is C24H19NO3S. The average molecular weight is 401 g/mol. The number of hydrogen-bond acceptors (Lipinski definition) is 3. The number of amides is 1. The number of benzene rings is 3. The van der Waals surface area contributed by atoms with Crippen molar-refractivity contribution in [2.45, 2.75) is 13.1 Å². The zero-order valence-electron chi connectivity index (χ0n) is 15.6. The lowest BCUT2D eigenvalue weighted by molar-refractivity contribution is -0.156. The molecule has 1 aromatic heterocycles. The van der Waals surface area contributed by atoms with Gasteiger partial charge >= 0.3 is 11.9 Å². The van der Waals surface area contributed by atoms with Gasteiger partial charge in [0.05, 0.1) is 6.54 Å². The van der Waals surface area contributed by atoms with Crippen molar-refractivity contribution in [3.8, 4) is 10.4 Å². The molecule has 0 saturated heterocycles. The fourth-order valence-corrected chi connectivity index (χ4v) is 4.44. The van der Waals surface area contributed by atoms with Crippen LogP contribution in [0.4, 0.5) is 0 Å². The molecule has 0 bridgehead atoms. The lowest BCUT2D eigenvalue weighted by atomic mass is 10.0. The van der Waals surface area contributed by atoms with Gasteiger partial charge in [-0.15, -0.1) is 11.3 Å². The highest BCUT2D eigenvalue weighted by Crippen LogP contribution is 2.34. The van der Waals surface area contributed by atoms with Gasteiger partial charge in [0.15, 0.2) is 0 Å². The fourth-order valence-electron chi connectivity index (χ4n) is 3.37. The Bertz CT molecular complexity index is 1160. The Balaban J connectivity index is 1.61. The molecule has 0 fully saturated rings. The molecule has 29 heavy (non-hydrogen) atoms. The van der Waals surface area contributed by atoms with Crippen molar-refractivity contribution >= 4 is 34.0 Å². The third-order valence-corrected chi connectivity index (χ3v) is 5.85. The second-order valence-electron chi connectivity index (χ2n) is 6.74. The van der Waals surface area contributed by atoms with Crippen molar-refractivity contribution in [3.63, 3.8) is 0 Å². The standard InChI is InChI=1S/C24H19NO3S/c26-23(24(27)28)25(15-17-7-2-1-3-8-17)16-19-13-14-22(29-19)21-12-6-10-18-9-4-5-11-20(18)21/h1-14H,15-16H2,(H,27,28). The molecule has 0 aliphatic heterocycles. The van der Waals surface area contributed by atoms with Gasteiger partial charge < -0.3 is 10.0 Å². The summed E-state index contributed by atoms with van der Waals surface area (Å²) in [5, 5.41) is 11.6. The first-order chi connectivity index (χ1) is 14.1. The zero-order chi connectivity index (χ0) is 20.2. The third-order valence-electron chi connectivity index (χ3n) is 4.75. The molecule has 4 rings (SSSR count). The van der Waals surface area contributed by atoms with Crippen LogP contribution in [0.1, 0.15) is 10.4 Å². The summed E-state index contributed by atoms with van der Waals surface area (Å²) in [6, 6.07) is 27.8. The SMILES string of the molecule is O=C(O)C(=O)N(Cc1ccccc1)Cc1ccc(-c2cccc3ccccc23)s1. The second-order valence-corrected chi connectivity index (χ2v) is 7.91. The second kappa shape index (κ2) is 8.29. The normalized spacial score (nSPS) is 10.8. The summed E-state index contributed by atoms with van der Waals surface area (Å²) in [7, 11) is 0. The number of hydrogen-bond donors (Lipinski definition) is 1. The lowest BCUT2D eigenvalue weighted by Gasteiger charge is -2.20. The predicted molar refractivity (Wildman–Crippen MR) is 116 cm³/mol. The van der Waals surface area contributed by atoms with Crippen LogP contribution in [0.5, 0.6) is 0 Å². The van der Waals surface area contributed by atoms with E-state index in [1.807, 2.05) is 60.7 Å². The summed E-state index contributed by atoms with van der Waals surface area (Å²) < 4.78 is 0. The van der Waals surface area contributed by atoms with Crippen LogP contribution in [0.15, 0.2) is 84.9 Å². The molecule has 3 aromatic carbocycles. The minimum Gasteiger partial charge on any atom is -0.474 e. The third kappa shape index (κ3) is 4.20. The molecular weight excluding hydrogens is 382 g/mol. The van der Waals surface area contributed by atoms with Crippen LogP contribution in [0.25, 0.3) is 21.2 Å². The maximum absolute atomic E-state index is 12.2. The number of carbonyl (C=O) groups excluding carboxylic acids is 1. The molecule has 1 N–H and O–H groups in total. The lowest BCUT2D eigenvalue weighted by Crippen LogP contribution is -2.35. The van der Waals surface area contributed by atoms with Crippen molar-refractivity contribution in [1.29, 1.82) is 0 Å². The first-order valence-corrected chi connectivity index (χ1v) is 10.1. The summed E-state index contributed by atoms with van der Waals surface area (Å²) in [4.78, 5) is 27.0. The van der Waals surface area contributed by atoms with Gasteiger partial charge in [0, 0.05) is 16.3 Å². The van der Waals surface area contributed by atoms with E-state index >= 15 is 0 Å². The van der Waals surface area contributed by atoms with Gasteiger partial charge in [0.2, 0.25) is 0 Å². The van der Waals surface area contributed by atoms with E-state index in [2.05, 4.69) is 24.3 Å². The van der Waals surface area contributed by atoms with E-state index in [9.17, 15) is 14.7 Å². The van der Waals surface area contributed by atoms with Crippen molar-refractivity contribution in [1.82, 2.24) is 4.90 Å². The van der Waals surface area contributed by atoms with E-state index < -0.39 is 11.9 Å². The Labute approximate surface area is 172 Å². The number of carboxylic acids is 1. The number of carboxylic acid groups (broad SMARTS) is 1. The Morgan fingerprint density at radius 2 is 1.52 bits per heavy atom. The van der Waals surface area contributed by atoms with E-state index in [4.69, 9.17) is 0 Å². The van der Waals surface area contributed by atoms with Gasteiger partial charge in [-0.2, -0.15) is 0 Å². The highest BCUT2D eigenvalue weighted by atomic mass is 32.1. The molecule has 4 aromatic rings. The highest BCUT2D eigenvalue weighted by Gasteiger charge is 2.22. The van der Waals surface area contributed by atoms with Crippen LogP contribution >= 0.6 is 11.3 Å². The maximum Gasteiger partial charge on any atom is 0.394 e. The molecule has 1 amide bonds. The molecule has 0 spiro atoms. The van der Waals surface area contributed by atoms with Gasteiger partial charge in [0.1, 0.15) is 0 Å². The van der Waals surface area contributed by atoms with E-state index in [1.54, 1.807) is 11.3 Å². The summed E-state index contributed by atoms with van der Waals surface area (Å²) in [6.07, 6.45) is 0. The Morgan fingerprint density at radius 1 is 0.793 bits per heavy atom. The van der Waals surface area contributed by atoms with Gasteiger partial charge in [-0.3, -0.25) is 4.79 Å². The largest absolute Gasteiger partial charge is 0.474 e. The first-order valence-electron chi connectivity index (χ1n) is 9.25. The molecule has 0 unspecified atom stereocenters. The fraction of sp³-hybridized carbons (Fsp3) is 0.0833. The van der Waals surface area contributed by atoms with Crippen LogP contribution in [-0.4, -0.2) is 21.9 Å². The smallest absolute Gasteiger partial charge is 0.394 e. The molecule has 1 heterocycles. The van der Waals surface area contributed by atoms with Gasteiger partial charge in [-0.05, 0) is 34.0 Å². The summed E-state index contributed by atoms with van der Waals surface area (Å²) in [5.74, 6) is -2.33. The molecule has 0 atom stereocenters. The summed E-state index contributed by atoms with van der Waals surface area (Å²) in [6.45, 7) is 0.517. The van der Waals surface area contributed by atoms with Gasteiger partial charge in [-0.1, -0.05) is 72.8 Å². The van der Waals surface area contributed by atoms with E-state index in [1.165, 1.54) is 15.7 Å². The zero-order valence-corrected chi connectivity index (χ0v) is 16.4. The monoisotopic (exact) mass is 401 g/mol. The number of aliphatic carboxylic acids is 1. The quantitative estimate of drug-likeness (QED) is 0.469. The Kier molecular flexibility index (Phi) is 5.40. The number of fused-ring (bicyclic) bond motifs is 1. The molecule has 144 valence electrons. The van der Waals surface area contributed by atoms with Gasteiger partial charge in [-0.25, -0.2) is 4.79 Å². The predicted octanol–water partition coefficient (Wildman–Crippen LogP) is 5.18. The van der Waals surface area contributed by atoms with Crippen LogP contribution < -0.4 is 0 Å². The summed E-state index contributed by atoms with van der Waals surface area (Å²) >= 11 is 1.58. The maximum atomic E-state index is 12.2. The molecule has 0 saturated carbocycles. The minimum absolute atomic E-state index is 0.257. The van der Waals surface area contributed by atoms with E-state index in [0.29, 0.717) is 0 Å². The molecule has 0 aliphatic rings. The van der Waals surface area contributed by atoms with Crippen molar-refractivity contribution in [2.75, 3.05) is 0 Å². The van der Waals surface area contributed by atoms with Crippen molar-refractivity contribution in [2.24, 2.45) is 0 Å². The number of rotatable bonds is 5. The van der Waals surface area contributed by atoms with Crippen molar-refractivity contribution in [3.05, 3.63) is 95.4 Å². The Morgan fingerprint density at radius 3 is 2.31 bits per heavy atom. The Hall–Kier alpha value is -3.44. The van der Waals surface area contributed by atoms with E-state index in [-0.39, 0.29) is 13.1 Å². The molecule has 0 aliphatic carbocycles. The van der Waals surface area contributed by atoms with Crippen LogP contribution in [0, 0.1) is 0 Å². The topological polar surface area (TPSA) is 57.6 Å². The molecule has 5 heteroatoms. The first kappa shape index (κ1) is 18.9. The van der Waals surface area contributed by atoms with Crippen LogP contribution in [0.3, 0.4) is 0 Å². The summed E-state index contributed by atoms with van der Waals surface area (Å²) in [5.41, 5.74) is 2.03. The van der Waals surface area contributed by atoms with Crippen LogP contribution in [-0.2, 0) is 22.7 Å². The number of thiophene rings is 1. The highest BCUT2D eigenvalue weighted by molar-refractivity contribution is 7.15. The minimum atomic E-state index is -1.44. The van der Waals surface area contributed by atoms with Crippen molar-refractivity contribution < 1.29 is 14.7 Å². The molecule has 4 nitrogen and oxygen atoms in total. The van der Waals surface area contributed by atoms with E-state index in [0.717, 1.165) is 20.9 Å².